The van der Waals surface area contributed by atoms with Gasteiger partial charge in [-0.15, -0.1) is 0 Å². The molecule has 0 spiro atoms. The van der Waals surface area contributed by atoms with Gasteiger partial charge >= 0.3 is 0 Å². The zero-order chi connectivity index (χ0) is 18.1. The predicted molar refractivity (Wildman–Crippen MR) is 99.0 cm³/mol. The lowest BCUT2D eigenvalue weighted by atomic mass is 9.95. The first-order valence-corrected chi connectivity index (χ1v) is 9.15. The van der Waals surface area contributed by atoms with Gasteiger partial charge in [0, 0.05) is 12.6 Å². The summed E-state index contributed by atoms with van der Waals surface area (Å²) in [5, 5.41) is 9.21. The number of guanidine groups is 1. The number of benzene rings is 1. The van der Waals surface area contributed by atoms with Crippen molar-refractivity contribution in [1.82, 2.24) is 16.0 Å². The topological polar surface area (TPSA) is 65.5 Å². The van der Waals surface area contributed by atoms with E-state index in [4.69, 9.17) is 0 Å². The molecular weight excluding hydrogens is 319 g/mol. The SMILES string of the molecule is CCNC(=NCc1ccc(C)c(F)c1)NCC(=O)NC1CCCCC1. The molecule has 0 atom stereocenters. The van der Waals surface area contributed by atoms with E-state index in [1.807, 2.05) is 13.0 Å². The van der Waals surface area contributed by atoms with Gasteiger partial charge in [0.1, 0.15) is 5.82 Å². The maximum absolute atomic E-state index is 13.6. The highest BCUT2D eigenvalue weighted by atomic mass is 19.1. The van der Waals surface area contributed by atoms with Crippen LogP contribution in [0, 0.1) is 12.7 Å². The molecule has 0 unspecified atom stereocenters. The van der Waals surface area contributed by atoms with Crippen LogP contribution in [0.25, 0.3) is 0 Å². The third kappa shape index (κ3) is 6.72. The first-order chi connectivity index (χ1) is 12.1. The third-order valence-electron chi connectivity index (χ3n) is 4.39. The van der Waals surface area contributed by atoms with Crippen LogP contribution in [0.2, 0.25) is 0 Å². The number of rotatable bonds is 6. The number of nitrogens with one attached hydrogen (secondary N) is 3. The van der Waals surface area contributed by atoms with Gasteiger partial charge in [0.15, 0.2) is 5.96 Å². The standard InChI is InChI=1S/C19H29FN4O/c1-3-21-19(22-12-15-10-9-14(2)17(20)11-15)23-13-18(25)24-16-7-5-4-6-8-16/h9-11,16H,3-8,12-13H2,1-2H3,(H,24,25)(H2,21,22,23). The minimum Gasteiger partial charge on any atom is -0.357 e. The first kappa shape index (κ1) is 19.2. The second-order valence-corrected chi connectivity index (χ2v) is 6.53. The van der Waals surface area contributed by atoms with Crippen molar-refractivity contribution >= 4 is 11.9 Å². The van der Waals surface area contributed by atoms with E-state index in [9.17, 15) is 9.18 Å². The van der Waals surface area contributed by atoms with E-state index in [1.54, 1.807) is 13.0 Å². The quantitative estimate of drug-likeness (QED) is 0.547. The summed E-state index contributed by atoms with van der Waals surface area (Å²) in [7, 11) is 0. The van der Waals surface area contributed by atoms with Crippen molar-refractivity contribution < 1.29 is 9.18 Å². The van der Waals surface area contributed by atoms with E-state index in [0.29, 0.717) is 30.7 Å². The molecule has 6 heteroatoms. The van der Waals surface area contributed by atoms with E-state index >= 15 is 0 Å². The first-order valence-electron chi connectivity index (χ1n) is 9.15. The molecule has 0 aliphatic heterocycles. The van der Waals surface area contributed by atoms with Gasteiger partial charge < -0.3 is 16.0 Å². The summed E-state index contributed by atoms with van der Waals surface area (Å²) in [6.45, 7) is 4.93. The van der Waals surface area contributed by atoms with Gasteiger partial charge in [-0.05, 0) is 43.9 Å². The molecule has 2 rings (SSSR count). The van der Waals surface area contributed by atoms with Crippen LogP contribution in [0.5, 0.6) is 0 Å². The molecule has 1 saturated carbocycles. The van der Waals surface area contributed by atoms with Crippen LogP contribution < -0.4 is 16.0 Å². The van der Waals surface area contributed by atoms with Crippen molar-refractivity contribution in [2.24, 2.45) is 4.99 Å². The van der Waals surface area contributed by atoms with E-state index in [1.165, 1.54) is 25.3 Å². The molecule has 0 heterocycles. The Morgan fingerprint density at radius 1 is 1.24 bits per heavy atom. The van der Waals surface area contributed by atoms with Gasteiger partial charge in [0.05, 0.1) is 13.1 Å². The Morgan fingerprint density at radius 3 is 2.68 bits per heavy atom. The summed E-state index contributed by atoms with van der Waals surface area (Å²) >= 11 is 0. The summed E-state index contributed by atoms with van der Waals surface area (Å²) in [5.74, 6) is 0.318. The fourth-order valence-electron chi connectivity index (χ4n) is 2.94. The van der Waals surface area contributed by atoms with Crippen LogP contribution in [0.15, 0.2) is 23.2 Å². The van der Waals surface area contributed by atoms with Crippen LogP contribution >= 0.6 is 0 Å². The van der Waals surface area contributed by atoms with Crippen LogP contribution in [-0.4, -0.2) is 31.0 Å². The van der Waals surface area contributed by atoms with Crippen molar-refractivity contribution in [3.8, 4) is 0 Å². The minimum absolute atomic E-state index is 0.0149. The number of nitrogens with zero attached hydrogens (tertiary/aromatic N) is 1. The Morgan fingerprint density at radius 2 is 2.00 bits per heavy atom. The Hall–Kier alpha value is -2.11. The zero-order valence-electron chi connectivity index (χ0n) is 15.2. The summed E-state index contributed by atoms with van der Waals surface area (Å²) in [4.78, 5) is 16.5. The molecule has 0 bridgehead atoms. The zero-order valence-corrected chi connectivity index (χ0v) is 15.2. The molecule has 1 aromatic rings. The number of carbonyl (C=O) groups is 1. The Bertz CT molecular complexity index is 597. The number of amides is 1. The number of carbonyl (C=O) groups excluding carboxylic acids is 1. The van der Waals surface area contributed by atoms with Crippen molar-refractivity contribution in [1.29, 1.82) is 0 Å². The van der Waals surface area contributed by atoms with E-state index in [2.05, 4.69) is 20.9 Å². The van der Waals surface area contributed by atoms with Gasteiger partial charge in [-0.3, -0.25) is 4.79 Å². The molecule has 0 saturated heterocycles. The van der Waals surface area contributed by atoms with Gasteiger partial charge in [-0.1, -0.05) is 31.4 Å². The normalized spacial score (nSPS) is 15.7. The average molecular weight is 348 g/mol. The molecule has 5 nitrogen and oxygen atoms in total. The number of aryl methyl sites for hydroxylation is 1. The van der Waals surface area contributed by atoms with Crippen molar-refractivity contribution in [3.63, 3.8) is 0 Å². The number of hydrogen-bond donors (Lipinski definition) is 3. The fourth-order valence-corrected chi connectivity index (χ4v) is 2.94. The summed E-state index contributed by atoms with van der Waals surface area (Å²) in [6, 6.07) is 5.41. The highest BCUT2D eigenvalue weighted by Gasteiger charge is 2.15. The second kappa shape index (κ2) is 10.0. The molecule has 1 aromatic carbocycles. The van der Waals surface area contributed by atoms with E-state index in [-0.39, 0.29) is 18.3 Å². The molecule has 1 fully saturated rings. The van der Waals surface area contributed by atoms with E-state index < -0.39 is 0 Å². The lowest BCUT2D eigenvalue weighted by Crippen LogP contribution is -2.46. The summed E-state index contributed by atoms with van der Waals surface area (Å²) in [6.07, 6.45) is 5.78. The molecule has 25 heavy (non-hydrogen) atoms. The molecule has 1 aliphatic carbocycles. The molecule has 138 valence electrons. The smallest absolute Gasteiger partial charge is 0.239 e. The van der Waals surface area contributed by atoms with E-state index in [0.717, 1.165) is 18.4 Å². The van der Waals surface area contributed by atoms with Gasteiger partial charge in [-0.25, -0.2) is 9.38 Å². The lowest BCUT2D eigenvalue weighted by Gasteiger charge is -2.23. The Kier molecular flexibility index (Phi) is 7.70. The number of hydrogen-bond acceptors (Lipinski definition) is 2. The third-order valence-corrected chi connectivity index (χ3v) is 4.39. The van der Waals surface area contributed by atoms with Crippen molar-refractivity contribution in [3.05, 3.63) is 35.1 Å². The maximum atomic E-state index is 13.6. The summed E-state index contributed by atoms with van der Waals surface area (Å²) < 4.78 is 13.6. The monoisotopic (exact) mass is 348 g/mol. The van der Waals surface area contributed by atoms with Crippen LogP contribution in [-0.2, 0) is 11.3 Å². The van der Waals surface area contributed by atoms with Gasteiger partial charge in [0.25, 0.3) is 0 Å². The molecule has 3 N–H and O–H groups in total. The van der Waals surface area contributed by atoms with Gasteiger partial charge in [0.2, 0.25) is 5.91 Å². The summed E-state index contributed by atoms with van der Waals surface area (Å²) in [5.41, 5.74) is 1.42. The second-order valence-electron chi connectivity index (χ2n) is 6.53. The van der Waals surface area contributed by atoms with Crippen molar-refractivity contribution in [2.75, 3.05) is 13.1 Å². The van der Waals surface area contributed by atoms with Crippen LogP contribution in [0.3, 0.4) is 0 Å². The predicted octanol–water partition coefficient (Wildman–Crippen LogP) is 2.64. The molecule has 0 aromatic heterocycles. The fraction of sp³-hybridized carbons (Fsp3) is 0.579. The Labute approximate surface area is 149 Å². The largest absolute Gasteiger partial charge is 0.357 e. The Balaban J connectivity index is 1.84. The minimum atomic E-state index is -0.225. The maximum Gasteiger partial charge on any atom is 0.239 e. The highest BCUT2D eigenvalue weighted by molar-refractivity contribution is 5.86. The molecular formula is C19H29FN4O. The molecule has 0 radical (unpaired) electrons. The molecule has 1 aliphatic rings. The van der Waals surface area contributed by atoms with Gasteiger partial charge in [-0.2, -0.15) is 0 Å². The number of aliphatic imine (C=N–C) groups is 1. The molecule has 1 amide bonds. The average Bonchev–Trinajstić information content (AvgIpc) is 2.61. The number of halogens is 1. The van der Waals surface area contributed by atoms with Crippen LogP contribution in [0.4, 0.5) is 4.39 Å². The van der Waals surface area contributed by atoms with Crippen molar-refractivity contribution in [2.45, 2.75) is 58.5 Å². The lowest BCUT2D eigenvalue weighted by molar-refractivity contribution is -0.120. The van der Waals surface area contributed by atoms with Crippen LogP contribution in [0.1, 0.15) is 50.2 Å². The highest BCUT2D eigenvalue weighted by Crippen LogP contribution is 2.17.